The molecule has 26 heavy (non-hydrogen) atoms. The lowest BCUT2D eigenvalue weighted by Crippen LogP contribution is -2.49. The Bertz CT molecular complexity index is 854. The highest BCUT2D eigenvalue weighted by Crippen LogP contribution is 2.23. The summed E-state index contributed by atoms with van der Waals surface area (Å²) in [6, 6.07) is 9.29. The molecule has 1 aromatic carbocycles. The molecule has 0 saturated carbocycles. The third-order valence-electron chi connectivity index (χ3n) is 4.67. The van der Waals surface area contributed by atoms with Crippen LogP contribution in [0.5, 0.6) is 0 Å². The molecule has 1 aliphatic heterocycles. The van der Waals surface area contributed by atoms with Crippen molar-refractivity contribution < 1.29 is 17.7 Å². The number of hydrogen-bond donors (Lipinski definition) is 0. The van der Waals surface area contributed by atoms with Crippen LogP contribution in [0.15, 0.2) is 34.9 Å². The molecule has 1 fully saturated rings. The number of amides is 1. The fraction of sp³-hybridized carbons (Fsp3) is 0.500. The summed E-state index contributed by atoms with van der Waals surface area (Å²) >= 11 is 0. The predicted molar refractivity (Wildman–Crippen MR) is 96.8 cm³/mol. The number of carbonyl (C=O) groups is 1. The predicted octanol–water partition coefficient (Wildman–Crippen LogP) is 2.44. The van der Waals surface area contributed by atoms with E-state index in [-0.39, 0.29) is 23.9 Å². The van der Waals surface area contributed by atoms with Gasteiger partial charge in [0.15, 0.2) is 9.84 Å². The first-order valence-corrected chi connectivity index (χ1v) is 10.6. The highest BCUT2D eigenvalue weighted by molar-refractivity contribution is 7.91. The molecule has 0 bridgehead atoms. The summed E-state index contributed by atoms with van der Waals surface area (Å²) in [6.07, 6.45) is 2.86. The molecule has 0 radical (unpaired) electrons. The van der Waals surface area contributed by atoms with E-state index in [0.29, 0.717) is 5.82 Å². The van der Waals surface area contributed by atoms with Gasteiger partial charge in [0.25, 0.3) is 0 Å². The van der Waals surface area contributed by atoms with Crippen LogP contribution >= 0.6 is 0 Å². The molecule has 1 saturated heterocycles. The van der Waals surface area contributed by atoms with E-state index in [9.17, 15) is 13.2 Å². The molecule has 1 aliphatic rings. The molecule has 2 unspecified atom stereocenters. The van der Waals surface area contributed by atoms with Gasteiger partial charge in [0.05, 0.1) is 0 Å². The molecular formula is C18H23N3O4S. The molecular weight excluding hydrogens is 354 g/mol. The smallest absolute Gasteiger partial charge is 0.242 e. The quantitative estimate of drug-likeness (QED) is 0.794. The van der Waals surface area contributed by atoms with Gasteiger partial charge in [0.1, 0.15) is 11.5 Å². The Hall–Kier alpha value is -2.22. The number of piperidine rings is 1. The Morgan fingerprint density at radius 1 is 1.19 bits per heavy atom. The van der Waals surface area contributed by atoms with E-state index in [1.165, 1.54) is 0 Å². The van der Waals surface area contributed by atoms with Gasteiger partial charge in [-0.15, -0.1) is 0 Å². The first kappa shape index (κ1) is 18.6. The van der Waals surface area contributed by atoms with Gasteiger partial charge in [-0.25, -0.2) is 8.42 Å². The Morgan fingerprint density at radius 3 is 2.50 bits per heavy atom. The van der Waals surface area contributed by atoms with E-state index in [2.05, 4.69) is 10.1 Å². The zero-order valence-corrected chi connectivity index (χ0v) is 15.8. The van der Waals surface area contributed by atoms with Crippen molar-refractivity contribution in [2.24, 2.45) is 0 Å². The molecule has 2 heterocycles. The number of sulfone groups is 1. The van der Waals surface area contributed by atoms with Crippen LogP contribution in [0.1, 0.15) is 39.0 Å². The number of nitrogens with zero attached hydrogens (tertiary/aromatic N) is 3. The summed E-state index contributed by atoms with van der Waals surface area (Å²) in [4.78, 5) is 18.4. The Labute approximate surface area is 153 Å². The summed E-state index contributed by atoms with van der Waals surface area (Å²) in [6.45, 7) is 3.93. The third kappa shape index (κ3) is 4.30. The molecule has 8 heteroatoms. The minimum Gasteiger partial charge on any atom is -0.338 e. The number of likely N-dealkylation sites (tertiary alicyclic amines) is 1. The first-order valence-electron chi connectivity index (χ1n) is 8.75. The van der Waals surface area contributed by atoms with Gasteiger partial charge in [0.2, 0.25) is 17.6 Å². The van der Waals surface area contributed by atoms with Crippen molar-refractivity contribution in [1.82, 2.24) is 15.0 Å². The monoisotopic (exact) mass is 377 g/mol. The highest BCUT2D eigenvalue weighted by atomic mass is 32.2. The van der Waals surface area contributed by atoms with Crippen LogP contribution in [-0.4, -0.2) is 47.2 Å². The lowest BCUT2D eigenvalue weighted by Gasteiger charge is -2.39. The van der Waals surface area contributed by atoms with Crippen molar-refractivity contribution in [2.75, 3.05) is 5.75 Å². The molecule has 3 rings (SSSR count). The molecule has 1 aromatic heterocycles. The van der Waals surface area contributed by atoms with E-state index >= 15 is 0 Å². The van der Waals surface area contributed by atoms with Gasteiger partial charge in [-0.05, 0) is 33.1 Å². The lowest BCUT2D eigenvalue weighted by molar-refractivity contribution is -0.134. The standard InChI is InChI=1S/C18H23N3O4S/c1-13-7-6-8-14(2)21(13)17(22)12-26(23,24)11-16-19-18(20-25-16)15-9-4-3-5-10-15/h3-5,9-10,13-14H,6-8,11-12H2,1-2H3. The largest absolute Gasteiger partial charge is 0.338 e. The summed E-state index contributed by atoms with van der Waals surface area (Å²) in [5, 5.41) is 3.82. The van der Waals surface area contributed by atoms with Crippen LogP contribution in [0.2, 0.25) is 0 Å². The van der Waals surface area contributed by atoms with Crippen LogP contribution in [-0.2, 0) is 20.4 Å². The number of aromatic nitrogens is 2. The van der Waals surface area contributed by atoms with Crippen LogP contribution in [0.3, 0.4) is 0 Å². The average molecular weight is 377 g/mol. The minimum absolute atomic E-state index is 0.00334. The second-order valence-electron chi connectivity index (χ2n) is 6.84. The molecule has 2 aromatic rings. The summed E-state index contributed by atoms with van der Waals surface area (Å²) in [7, 11) is -3.69. The van der Waals surface area contributed by atoms with E-state index in [4.69, 9.17) is 4.52 Å². The molecule has 1 amide bonds. The average Bonchev–Trinajstić information content (AvgIpc) is 3.02. The zero-order chi connectivity index (χ0) is 18.7. The Morgan fingerprint density at radius 2 is 1.85 bits per heavy atom. The molecule has 0 N–H and O–H groups in total. The number of rotatable bonds is 5. The summed E-state index contributed by atoms with van der Waals surface area (Å²) in [5.74, 6) is -0.996. The van der Waals surface area contributed by atoms with Crippen LogP contribution in [0.4, 0.5) is 0 Å². The second kappa shape index (κ2) is 7.57. The summed E-state index contributed by atoms with van der Waals surface area (Å²) in [5.41, 5.74) is 0.743. The normalized spacial score (nSPS) is 20.9. The van der Waals surface area contributed by atoms with Gasteiger partial charge >= 0.3 is 0 Å². The first-order chi connectivity index (χ1) is 12.4. The maximum absolute atomic E-state index is 12.5. The van der Waals surface area contributed by atoms with E-state index < -0.39 is 21.3 Å². The van der Waals surface area contributed by atoms with Crippen LogP contribution in [0, 0.1) is 0 Å². The second-order valence-corrected chi connectivity index (χ2v) is 8.90. The van der Waals surface area contributed by atoms with E-state index in [1.807, 2.05) is 44.2 Å². The van der Waals surface area contributed by atoms with Crippen molar-refractivity contribution in [3.63, 3.8) is 0 Å². The molecule has 7 nitrogen and oxygen atoms in total. The van der Waals surface area contributed by atoms with Crippen LogP contribution in [0.25, 0.3) is 11.4 Å². The molecule has 0 aliphatic carbocycles. The molecule has 0 spiro atoms. The third-order valence-corrected chi connectivity index (χ3v) is 6.04. The SMILES string of the molecule is CC1CCCC(C)N1C(=O)CS(=O)(=O)Cc1nc(-c2ccccc2)no1. The van der Waals surface area contributed by atoms with Gasteiger partial charge in [-0.2, -0.15) is 4.98 Å². The van der Waals surface area contributed by atoms with Crippen molar-refractivity contribution in [1.29, 1.82) is 0 Å². The Balaban J connectivity index is 1.67. The number of benzene rings is 1. The fourth-order valence-electron chi connectivity index (χ4n) is 3.43. The topological polar surface area (TPSA) is 93.4 Å². The minimum atomic E-state index is -3.69. The molecule has 140 valence electrons. The van der Waals surface area contributed by atoms with Crippen molar-refractivity contribution in [2.45, 2.75) is 50.9 Å². The molecule has 2 atom stereocenters. The highest BCUT2D eigenvalue weighted by Gasteiger charge is 2.32. The van der Waals surface area contributed by atoms with Gasteiger partial charge in [-0.3, -0.25) is 4.79 Å². The van der Waals surface area contributed by atoms with Crippen molar-refractivity contribution in [3.05, 3.63) is 36.2 Å². The number of hydrogen-bond acceptors (Lipinski definition) is 6. The van der Waals surface area contributed by atoms with E-state index in [1.54, 1.807) is 4.90 Å². The fourth-order valence-corrected chi connectivity index (χ4v) is 4.55. The van der Waals surface area contributed by atoms with Gasteiger partial charge < -0.3 is 9.42 Å². The zero-order valence-electron chi connectivity index (χ0n) is 15.0. The maximum atomic E-state index is 12.5. The van der Waals surface area contributed by atoms with Crippen LogP contribution < -0.4 is 0 Å². The Kier molecular flexibility index (Phi) is 5.41. The number of carbonyl (C=O) groups excluding carboxylic acids is 1. The van der Waals surface area contributed by atoms with Gasteiger partial charge in [-0.1, -0.05) is 35.5 Å². The lowest BCUT2D eigenvalue weighted by atomic mass is 9.98. The summed E-state index contributed by atoms with van der Waals surface area (Å²) < 4.78 is 29.9. The maximum Gasteiger partial charge on any atom is 0.242 e. The van der Waals surface area contributed by atoms with Crippen molar-refractivity contribution >= 4 is 15.7 Å². The van der Waals surface area contributed by atoms with Gasteiger partial charge in [0, 0.05) is 17.6 Å². The van der Waals surface area contributed by atoms with E-state index in [0.717, 1.165) is 24.8 Å². The van der Waals surface area contributed by atoms with Crippen molar-refractivity contribution in [3.8, 4) is 11.4 Å².